The van der Waals surface area contributed by atoms with E-state index in [2.05, 4.69) is 39.5 Å². The van der Waals surface area contributed by atoms with Crippen LogP contribution in [-0.4, -0.2) is 43.7 Å². The summed E-state index contributed by atoms with van der Waals surface area (Å²) in [5.41, 5.74) is 7.23. The van der Waals surface area contributed by atoms with E-state index in [1.807, 2.05) is 22.9 Å². The molecule has 1 aromatic heterocycles. The van der Waals surface area contributed by atoms with E-state index >= 15 is 0 Å². The Morgan fingerprint density at radius 1 is 1.24 bits per heavy atom. The Morgan fingerprint density at radius 2 is 2.05 bits per heavy atom. The normalized spacial score (nSPS) is 23.3. The number of rotatable bonds is 4. The van der Waals surface area contributed by atoms with Crippen LogP contribution in [0.4, 0.5) is 0 Å². The maximum absolute atomic E-state index is 6.02. The monoisotopic (exact) mass is 286 g/mol. The molecule has 1 saturated heterocycles. The van der Waals surface area contributed by atoms with Gasteiger partial charge in [0.05, 0.1) is 13.1 Å². The van der Waals surface area contributed by atoms with Gasteiger partial charge in [0.1, 0.15) is 0 Å². The van der Waals surface area contributed by atoms with E-state index in [4.69, 9.17) is 5.73 Å². The molecule has 1 aromatic carbocycles. The zero-order valence-corrected chi connectivity index (χ0v) is 12.4. The van der Waals surface area contributed by atoms with Crippen molar-refractivity contribution in [1.82, 2.24) is 25.1 Å². The largest absolute Gasteiger partial charge is 0.328 e. The first-order valence-electron chi connectivity index (χ1n) is 7.51. The Kier molecular flexibility index (Phi) is 4.26. The average Bonchev–Trinajstić information content (AvgIpc) is 2.90. The Bertz CT molecular complexity index is 567. The fourth-order valence-corrected chi connectivity index (χ4v) is 2.89. The fourth-order valence-electron chi connectivity index (χ4n) is 2.89. The highest BCUT2D eigenvalue weighted by molar-refractivity contribution is 5.14. The zero-order valence-electron chi connectivity index (χ0n) is 12.4. The van der Waals surface area contributed by atoms with Gasteiger partial charge in [-0.1, -0.05) is 30.3 Å². The van der Waals surface area contributed by atoms with Gasteiger partial charge in [-0.2, -0.15) is 0 Å². The summed E-state index contributed by atoms with van der Waals surface area (Å²) in [6.07, 6.45) is 2.09. The van der Waals surface area contributed by atoms with E-state index in [1.165, 1.54) is 5.56 Å². The first-order chi connectivity index (χ1) is 10.2. The van der Waals surface area contributed by atoms with Crippen LogP contribution in [0.1, 0.15) is 31.2 Å². The van der Waals surface area contributed by atoms with Gasteiger partial charge in [0.2, 0.25) is 0 Å². The summed E-state index contributed by atoms with van der Waals surface area (Å²) in [6.45, 7) is 4.74. The van der Waals surface area contributed by atoms with Gasteiger partial charge < -0.3 is 5.73 Å². The first-order valence-corrected chi connectivity index (χ1v) is 7.51. The van der Waals surface area contributed by atoms with E-state index in [9.17, 15) is 0 Å². The SMILES string of the molecule is CC1CC(N)CCN1Cc1nnnn1Cc1ccccc1. The molecule has 2 atom stereocenters. The van der Waals surface area contributed by atoms with Crippen LogP contribution >= 0.6 is 0 Å². The topological polar surface area (TPSA) is 72.9 Å². The lowest BCUT2D eigenvalue weighted by Gasteiger charge is -2.35. The third-order valence-electron chi connectivity index (χ3n) is 4.18. The van der Waals surface area contributed by atoms with E-state index < -0.39 is 0 Å². The molecule has 1 fully saturated rings. The fraction of sp³-hybridized carbons (Fsp3) is 0.533. The Balaban J connectivity index is 1.68. The number of nitrogens with zero attached hydrogens (tertiary/aromatic N) is 5. The van der Waals surface area contributed by atoms with Crippen LogP contribution in [-0.2, 0) is 13.1 Å². The van der Waals surface area contributed by atoms with Crippen LogP contribution in [0.15, 0.2) is 30.3 Å². The maximum atomic E-state index is 6.02. The van der Waals surface area contributed by atoms with Crippen LogP contribution in [0.3, 0.4) is 0 Å². The molecule has 3 rings (SSSR count). The summed E-state index contributed by atoms with van der Waals surface area (Å²) in [5.74, 6) is 0.918. The lowest BCUT2D eigenvalue weighted by Crippen LogP contribution is -2.45. The average molecular weight is 286 g/mol. The predicted molar refractivity (Wildman–Crippen MR) is 80.4 cm³/mol. The minimum atomic E-state index is 0.330. The van der Waals surface area contributed by atoms with Crippen molar-refractivity contribution in [2.24, 2.45) is 5.73 Å². The quantitative estimate of drug-likeness (QED) is 0.909. The van der Waals surface area contributed by atoms with Gasteiger partial charge in [-0.3, -0.25) is 4.90 Å². The molecule has 21 heavy (non-hydrogen) atoms. The third kappa shape index (κ3) is 3.46. The van der Waals surface area contributed by atoms with E-state index in [1.54, 1.807) is 0 Å². The van der Waals surface area contributed by atoms with Crippen LogP contribution < -0.4 is 5.73 Å². The highest BCUT2D eigenvalue weighted by Gasteiger charge is 2.24. The zero-order chi connectivity index (χ0) is 14.7. The van der Waals surface area contributed by atoms with E-state index in [-0.39, 0.29) is 0 Å². The molecule has 6 nitrogen and oxygen atoms in total. The second kappa shape index (κ2) is 6.32. The molecule has 0 spiro atoms. The molecular formula is C15H22N6. The van der Waals surface area contributed by atoms with Gasteiger partial charge in [-0.25, -0.2) is 4.68 Å². The second-order valence-corrected chi connectivity index (χ2v) is 5.84. The Morgan fingerprint density at radius 3 is 2.81 bits per heavy atom. The summed E-state index contributed by atoms with van der Waals surface area (Å²) in [5, 5.41) is 12.1. The maximum Gasteiger partial charge on any atom is 0.165 e. The predicted octanol–water partition coefficient (Wildman–Crippen LogP) is 1.03. The number of tetrazole rings is 1. The standard InChI is InChI=1S/C15H22N6/c1-12-9-14(16)7-8-20(12)11-15-17-18-19-21(15)10-13-5-3-2-4-6-13/h2-6,12,14H,7-11,16H2,1H3. The number of aromatic nitrogens is 4. The Hall–Kier alpha value is -1.79. The summed E-state index contributed by atoms with van der Waals surface area (Å²) in [6, 6.07) is 11.1. The van der Waals surface area contributed by atoms with Crippen molar-refractivity contribution < 1.29 is 0 Å². The summed E-state index contributed by atoms with van der Waals surface area (Å²) < 4.78 is 1.89. The van der Waals surface area contributed by atoms with Crippen LogP contribution in [0, 0.1) is 0 Å². The van der Waals surface area contributed by atoms with Gasteiger partial charge in [0, 0.05) is 18.6 Å². The van der Waals surface area contributed by atoms with Crippen molar-refractivity contribution in [1.29, 1.82) is 0 Å². The lowest BCUT2D eigenvalue weighted by atomic mass is 9.99. The molecule has 0 radical (unpaired) electrons. The molecule has 2 heterocycles. The van der Waals surface area contributed by atoms with Crippen molar-refractivity contribution in [3.63, 3.8) is 0 Å². The first kappa shape index (κ1) is 14.2. The number of hydrogen-bond donors (Lipinski definition) is 1. The van der Waals surface area contributed by atoms with Gasteiger partial charge >= 0.3 is 0 Å². The summed E-state index contributed by atoms with van der Waals surface area (Å²) in [7, 11) is 0. The van der Waals surface area contributed by atoms with Crippen molar-refractivity contribution in [3.05, 3.63) is 41.7 Å². The molecule has 1 aliphatic heterocycles. The van der Waals surface area contributed by atoms with Gasteiger partial charge in [0.15, 0.2) is 5.82 Å². The number of likely N-dealkylation sites (tertiary alicyclic amines) is 1. The van der Waals surface area contributed by atoms with Crippen molar-refractivity contribution in [3.8, 4) is 0 Å². The van der Waals surface area contributed by atoms with Crippen LogP contribution in [0.5, 0.6) is 0 Å². The lowest BCUT2D eigenvalue weighted by molar-refractivity contribution is 0.134. The van der Waals surface area contributed by atoms with Crippen LogP contribution in [0.2, 0.25) is 0 Å². The molecule has 1 aliphatic rings. The van der Waals surface area contributed by atoms with E-state index in [0.717, 1.165) is 31.8 Å². The number of hydrogen-bond acceptors (Lipinski definition) is 5. The Labute approximate surface area is 124 Å². The van der Waals surface area contributed by atoms with Gasteiger partial charge in [0.25, 0.3) is 0 Å². The number of benzene rings is 1. The van der Waals surface area contributed by atoms with Gasteiger partial charge in [-0.05, 0) is 35.8 Å². The minimum Gasteiger partial charge on any atom is -0.328 e. The highest BCUT2D eigenvalue weighted by Crippen LogP contribution is 2.18. The minimum absolute atomic E-state index is 0.330. The number of nitrogens with two attached hydrogens (primary N) is 1. The molecule has 0 aliphatic carbocycles. The molecule has 0 saturated carbocycles. The van der Waals surface area contributed by atoms with Crippen molar-refractivity contribution in [2.75, 3.05) is 6.54 Å². The molecule has 0 bridgehead atoms. The third-order valence-corrected chi connectivity index (χ3v) is 4.18. The molecule has 2 unspecified atom stereocenters. The summed E-state index contributed by atoms with van der Waals surface area (Å²) >= 11 is 0. The molecule has 6 heteroatoms. The highest BCUT2D eigenvalue weighted by atomic mass is 15.5. The molecule has 2 N–H and O–H groups in total. The van der Waals surface area contributed by atoms with Gasteiger partial charge in [-0.15, -0.1) is 5.10 Å². The van der Waals surface area contributed by atoms with Crippen molar-refractivity contribution in [2.45, 2.75) is 44.9 Å². The van der Waals surface area contributed by atoms with Crippen LogP contribution in [0.25, 0.3) is 0 Å². The summed E-state index contributed by atoms with van der Waals surface area (Å²) in [4.78, 5) is 2.41. The van der Waals surface area contributed by atoms with Crippen molar-refractivity contribution >= 4 is 0 Å². The molecular weight excluding hydrogens is 264 g/mol. The van der Waals surface area contributed by atoms with E-state index in [0.29, 0.717) is 18.6 Å². The molecule has 0 amide bonds. The smallest absolute Gasteiger partial charge is 0.165 e. The molecule has 2 aromatic rings. The number of piperidine rings is 1. The second-order valence-electron chi connectivity index (χ2n) is 5.84. The molecule has 112 valence electrons.